The van der Waals surface area contributed by atoms with Crippen molar-refractivity contribution in [3.05, 3.63) is 95.6 Å². The maximum absolute atomic E-state index is 12.4. The lowest BCUT2D eigenvalue weighted by molar-refractivity contribution is 0.0947. The highest BCUT2D eigenvalue weighted by Gasteiger charge is 2.35. The molecule has 0 fully saturated rings. The van der Waals surface area contributed by atoms with Gasteiger partial charge in [-0.25, -0.2) is 4.79 Å². The Morgan fingerprint density at radius 1 is 1.00 bits per heavy atom. The van der Waals surface area contributed by atoms with Crippen LogP contribution < -0.4 is 5.32 Å². The largest absolute Gasteiger partial charge is 0.449 e. The minimum Gasteiger partial charge on any atom is -0.449 e. The summed E-state index contributed by atoms with van der Waals surface area (Å²) in [6, 6.07) is 25.3. The van der Waals surface area contributed by atoms with Crippen LogP contribution in [0.25, 0.3) is 11.1 Å². The number of benzene rings is 3. The Kier molecular flexibility index (Phi) is 5.31. The van der Waals surface area contributed by atoms with Crippen molar-refractivity contribution in [2.24, 2.45) is 0 Å². The lowest BCUT2D eigenvalue weighted by Gasteiger charge is -2.29. The highest BCUT2D eigenvalue weighted by Crippen LogP contribution is 2.44. The first kappa shape index (κ1) is 19.5. The van der Waals surface area contributed by atoms with E-state index in [4.69, 9.17) is 16.3 Å². The van der Waals surface area contributed by atoms with E-state index in [0.717, 1.165) is 11.1 Å². The van der Waals surface area contributed by atoms with Crippen LogP contribution in [0.3, 0.4) is 0 Å². The Morgan fingerprint density at radius 2 is 1.52 bits per heavy atom. The standard InChI is InChI=1S/C24H22ClNO3/c1-24(25,22(27)16-9-3-2-4-10-16)26-23(28)29-15-21-19-13-7-5-11-17(19)18-12-6-8-14-20(18)21/h2-14,21-22,27H,15H2,1H3,(H,26,28)/t22?,24-/m0/s1. The van der Waals surface area contributed by atoms with Gasteiger partial charge in [0.05, 0.1) is 0 Å². The van der Waals surface area contributed by atoms with E-state index >= 15 is 0 Å². The number of alkyl halides is 1. The second kappa shape index (κ2) is 7.90. The second-order valence-corrected chi connectivity index (χ2v) is 8.12. The Bertz CT molecular complexity index is 974. The van der Waals surface area contributed by atoms with Crippen LogP contribution in [0.5, 0.6) is 0 Å². The van der Waals surface area contributed by atoms with Crippen LogP contribution in [0.15, 0.2) is 78.9 Å². The van der Waals surface area contributed by atoms with E-state index in [2.05, 4.69) is 29.6 Å². The van der Waals surface area contributed by atoms with Crippen molar-refractivity contribution in [2.75, 3.05) is 6.61 Å². The molecule has 0 radical (unpaired) electrons. The number of alkyl carbamates (subject to hydrolysis) is 1. The number of rotatable bonds is 5. The fourth-order valence-electron chi connectivity index (χ4n) is 3.85. The first-order valence-electron chi connectivity index (χ1n) is 9.52. The lowest BCUT2D eigenvalue weighted by Crippen LogP contribution is -2.46. The van der Waals surface area contributed by atoms with Crippen LogP contribution in [0.4, 0.5) is 4.79 Å². The van der Waals surface area contributed by atoms with Gasteiger partial charge >= 0.3 is 6.09 Å². The van der Waals surface area contributed by atoms with Gasteiger partial charge < -0.3 is 9.84 Å². The number of amides is 1. The van der Waals surface area contributed by atoms with Crippen molar-refractivity contribution in [1.29, 1.82) is 0 Å². The quantitative estimate of drug-likeness (QED) is 0.450. The summed E-state index contributed by atoms with van der Waals surface area (Å²) in [6.45, 7) is 1.74. The molecule has 2 atom stereocenters. The van der Waals surface area contributed by atoms with Gasteiger partial charge in [-0.1, -0.05) is 90.5 Å². The number of fused-ring (bicyclic) bond motifs is 3. The van der Waals surface area contributed by atoms with E-state index in [1.807, 2.05) is 30.3 Å². The van der Waals surface area contributed by atoms with Crippen LogP contribution in [-0.2, 0) is 4.74 Å². The predicted octanol–water partition coefficient (Wildman–Crippen LogP) is 5.21. The number of aliphatic hydroxyl groups is 1. The minimum atomic E-state index is -1.40. The molecular formula is C24H22ClNO3. The highest BCUT2D eigenvalue weighted by molar-refractivity contribution is 6.24. The molecule has 4 rings (SSSR count). The van der Waals surface area contributed by atoms with Crippen LogP contribution in [0.2, 0.25) is 0 Å². The summed E-state index contributed by atoms with van der Waals surface area (Å²) in [5.74, 6) is -0.0335. The first-order valence-corrected chi connectivity index (χ1v) is 9.90. The molecular weight excluding hydrogens is 386 g/mol. The first-order chi connectivity index (χ1) is 14.0. The maximum atomic E-state index is 12.4. The van der Waals surface area contributed by atoms with Crippen LogP contribution >= 0.6 is 11.6 Å². The van der Waals surface area contributed by atoms with Gasteiger partial charge in [-0.05, 0) is 34.7 Å². The van der Waals surface area contributed by atoms with E-state index in [9.17, 15) is 9.90 Å². The van der Waals surface area contributed by atoms with Gasteiger partial charge in [0, 0.05) is 5.92 Å². The second-order valence-electron chi connectivity index (χ2n) is 7.34. The van der Waals surface area contributed by atoms with Crippen LogP contribution in [0, 0.1) is 0 Å². The molecule has 0 aromatic heterocycles. The predicted molar refractivity (Wildman–Crippen MR) is 114 cm³/mol. The third-order valence-corrected chi connectivity index (χ3v) is 5.62. The zero-order chi connectivity index (χ0) is 20.4. The van der Waals surface area contributed by atoms with Crippen LogP contribution in [0.1, 0.15) is 35.6 Å². The molecule has 0 heterocycles. The number of carbonyl (C=O) groups excluding carboxylic acids is 1. The molecule has 1 aliphatic rings. The molecule has 0 saturated heterocycles. The molecule has 3 aromatic rings. The molecule has 1 unspecified atom stereocenters. The van der Waals surface area contributed by atoms with Gasteiger partial charge in [-0.15, -0.1) is 0 Å². The number of halogens is 1. The molecule has 5 heteroatoms. The molecule has 0 aliphatic heterocycles. The zero-order valence-electron chi connectivity index (χ0n) is 16.0. The summed E-state index contributed by atoms with van der Waals surface area (Å²) in [7, 11) is 0. The van der Waals surface area contributed by atoms with E-state index in [-0.39, 0.29) is 12.5 Å². The van der Waals surface area contributed by atoms with Gasteiger partial charge in [-0.2, -0.15) is 0 Å². The molecule has 0 bridgehead atoms. The molecule has 29 heavy (non-hydrogen) atoms. The van der Waals surface area contributed by atoms with Crippen molar-refractivity contribution in [3.8, 4) is 11.1 Å². The highest BCUT2D eigenvalue weighted by atomic mass is 35.5. The average Bonchev–Trinajstić information content (AvgIpc) is 3.06. The number of aliphatic hydroxyl groups excluding tert-OH is 1. The summed E-state index contributed by atoms with van der Waals surface area (Å²) in [6.07, 6.45) is -1.75. The zero-order valence-corrected chi connectivity index (χ0v) is 16.8. The lowest BCUT2D eigenvalue weighted by atomic mass is 9.98. The fourth-order valence-corrected chi connectivity index (χ4v) is 4.05. The Hall–Kier alpha value is -2.82. The number of nitrogens with one attached hydrogen (secondary N) is 1. The van der Waals surface area contributed by atoms with Crippen molar-refractivity contribution in [2.45, 2.75) is 23.9 Å². The fraction of sp³-hybridized carbons (Fsp3) is 0.208. The van der Waals surface area contributed by atoms with Gasteiger partial charge in [0.2, 0.25) is 0 Å². The molecule has 0 spiro atoms. The Balaban J connectivity index is 1.45. The third kappa shape index (κ3) is 3.86. The van der Waals surface area contributed by atoms with Crippen LogP contribution in [-0.4, -0.2) is 22.8 Å². The van der Waals surface area contributed by atoms with Gasteiger partial charge in [-0.3, -0.25) is 5.32 Å². The third-order valence-electron chi connectivity index (χ3n) is 5.32. The SMILES string of the molecule is C[C@](Cl)(NC(=O)OCC1c2ccccc2-c2ccccc21)C(O)c1ccccc1. The monoisotopic (exact) mass is 407 g/mol. The van der Waals surface area contributed by atoms with Crippen molar-refractivity contribution < 1.29 is 14.6 Å². The molecule has 2 N–H and O–H groups in total. The summed E-state index contributed by atoms with van der Waals surface area (Å²) in [4.78, 5) is 11.0. The van der Waals surface area contributed by atoms with E-state index in [0.29, 0.717) is 5.56 Å². The van der Waals surface area contributed by atoms with Gasteiger partial charge in [0.15, 0.2) is 0 Å². The summed E-state index contributed by atoms with van der Waals surface area (Å²) in [5, 5.41) is 13.1. The number of hydrogen-bond donors (Lipinski definition) is 2. The molecule has 1 aliphatic carbocycles. The molecule has 3 aromatic carbocycles. The van der Waals surface area contributed by atoms with E-state index in [1.54, 1.807) is 31.2 Å². The van der Waals surface area contributed by atoms with Gasteiger partial charge in [0.25, 0.3) is 0 Å². The maximum Gasteiger partial charge on any atom is 0.408 e. The number of ether oxygens (including phenoxy) is 1. The number of hydrogen-bond acceptors (Lipinski definition) is 3. The normalized spacial score (nSPS) is 15.7. The van der Waals surface area contributed by atoms with Gasteiger partial charge in [0.1, 0.15) is 17.7 Å². The Morgan fingerprint density at radius 3 is 2.10 bits per heavy atom. The Labute approximate surface area is 175 Å². The summed E-state index contributed by atoms with van der Waals surface area (Å²) in [5.41, 5.74) is 5.22. The van der Waals surface area contributed by atoms with Crippen molar-refractivity contribution in [3.63, 3.8) is 0 Å². The summed E-state index contributed by atoms with van der Waals surface area (Å²) >= 11 is 6.41. The molecule has 4 nitrogen and oxygen atoms in total. The van der Waals surface area contributed by atoms with E-state index in [1.165, 1.54) is 11.1 Å². The smallest absolute Gasteiger partial charge is 0.408 e. The summed E-state index contributed by atoms with van der Waals surface area (Å²) < 4.78 is 5.52. The average molecular weight is 408 g/mol. The van der Waals surface area contributed by atoms with Crippen molar-refractivity contribution in [1.82, 2.24) is 5.32 Å². The molecule has 1 amide bonds. The van der Waals surface area contributed by atoms with Crippen molar-refractivity contribution >= 4 is 17.7 Å². The molecule has 148 valence electrons. The minimum absolute atomic E-state index is 0.0335. The topological polar surface area (TPSA) is 58.6 Å². The molecule has 0 saturated carbocycles. The van der Waals surface area contributed by atoms with E-state index < -0.39 is 17.2 Å². The number of carbonyl (C=O) groups is 1.